The smallest absolute Gasteiger partial charge is 0.276 e. The largest absolute Gasteiger partial charge is 0.455 e. The van der Waals surface area contributed by atoms with Gasteiger partial charge in [-0.05, 0) is 37.3 Å². The van der Waals surface area contributed by atoms with Gasteiger partial charge in [-0.15, -0.1) is 11.3 Å². The van der Waals surface area contributed by atoms with E-state index in [0.29, 0.717) is 27.9 Å². The number of imidazole rings is 1. The zero-order chi connectivity index (χ0) is 18.1. The minimum absolute atomic E-state index is 0.319. The van der Waals surface area contributed by atoms with Crippen LogP contribution in [0.1, 0.15) is 16.2 Å². The van der Waals surface area contributed by atoms with Crippen LogP contribution in [-0.2, 0) is 0 Å². The summed E-state index contributed by atoms with van der Waals surface area (Å²) >= 11 is 7.58. The molecule has 0 saturated carbocycles. The lowest BCUT2D eigenvalue weighted by Gasteiger charge is -2.12. The predicted molar refractivity (Wildman–Crippen MR) is 104 cm³/mol. The number of amides is 1. The number of aromatic nitrogens is 2. The number of carbonyl (C=O) groups excluding carboxylic acids is 1. The number of thiazole rings is 1. The van der Waals surface area contributed by atoms with Crippen molar-refractivity contribution in [1.29, 1.82) is 0 Å². The van der Waals surface area contributed by atoms with E-state index >= 15 is 0 Å². The summed E-state index contributed by atoms with van der Waals surface area (Å²) in [5.74, 6) is 0.857. The third kappa shape index (κ3) is 3.29. The Bertz CT molecular complexity index is 1090. The number of halogens is 1. The Morgan fingerprint density at radius 1 is 1.23 bits per heavy atom. The molecule has 0 atom stereocenters. The van der Waals surface area contributed by atoms with E-state index < -0.39 is 0 Å². The first-order chi connectivity index (χ1) is 12.6. The minimum Gasteiger partial charge on any atom is -0.455 e. The van der Waals surface area contributed by atoms with Gasteiger partial charge < -0.3 is 10.1 Å². The molecule has 2 aromatic carbocycles. The average Bonchev–Trinajstić information content (AvgIpc) is 3.21. The van der Waals surface area contributed by atoms with Crippen LogP contribution in [0.4, 0.5) is 5.69 Å². The second-order valence-electron chi connectivity index (χ2n) is 5.67. The van der Waals surface area contributed by atoms with Gasteiger partial charge in [-0.25, -0.2) is 4.98 Å². The van der Waals surface area contributed by atoms with Gasteiger partial charge in [0.2, 0.25) is 0 Å². The van der Waals surface area contributed by atoms with Gasteiger partial charge in [-0.2, -0.15) is 0 Å². The van der Waals surface area contributed by atoms with E-state index in [-0.39, 0.29) is 5.91 Å². The van der Waals surface area contributed by atoms with E-state index in [1.807, 2.05) is 47.0 Å². The van der Waals surface area contributed by atoms with Gasteiger partial charge >= 0.3 is 0 Å². The van der Waals surface area contributed by atoms with Crippen molar-refractivity contribution >= 4 is 39.5 Å². The molecule has 0 fully saturated rings. The second-order valence-corrected chi connectivity index (χ2v) is 6.94. The fraction of sp³-hybridized carbons (Fsp3) is 0.0526. The summed E-state index contributed by atoms with van der Waals surface area (Å²) < 4.78 is 7.76. The monoisotopic (exact) mass is 383 g/mol. The summed E-state index contributed by atoms with van der Waals surface area (Å²) in [6, 6.07) is 14.4. The molecular weight excluding hydrogens is 370 g/mol. The van der Waals surface area contributed by atoms with E-state index in [4.69, 9.17) is 16.3 Å². The Labute approximate surface area is 158 Å². The van der Waals surface area contributed by atoms with Crippen molar-refractivity contribution in [3.8, 4) is 11.5 Å². The molecular formula is C19H14ClN3O2S. The van der Waals surface area contributed by atoms with E-state index in [1.54, 1.807) is 24.4 Å². The zero-order valence-corrected chi connectivity index (χ0v) is 15.3. The molecule has 0 bridgehead atoms. The molecule has 130 valence electrons. The van der Waals surface area contributed by atoms with E-state index in [9.17, 15) is 4.79 Å². The highest BCUT2D eigenvalue weighted by Gasteiger charge is 2.16. The molecule has 0 aliphatic rings. The maximum absolute atomic E-state index is 12.6. The second kappa shape index (κ2) is 6.82. The summed E-state index contributed by atoms with van der Waals surface area (Å²) in [5, 5.41) is 5.33. The van der Waals surface area contributed by atoms with Crippen molar-refractivity contribution in [1.82, 2.24) is 9.38 Å². The quantitative estimate of drug-likeness (QED) is 0.513. The van der Waals surface area contributed by atoms with Crippen molar-refractivity contribution in [2.75, 3.05) is 5.32 Å². The highest BCUT2D eigenvalue weighted by atomic mass is 35.5. The summed E-state index contributed by atoms with van der Waals surface area (Å²) in [4.78, 5) is 17.8. The summed E-state index contributed by atoms with van der Waals surface area (Å²) in [6.07, 6.45) is 1.72. The normalized spacial score (nSPS) is 10.8. The molecule has 26 heavy (non-hydrogen) atoms. The lowest BCUT2D eigenvalue weighted by atomic mass is 10.2. The number of nitrogens with zero attached hydrogens (tertiary/aromatic N) is 2. The first-order valence-corrected chi connectivity index (χ1v) is 9.13. The topological polar surface area (TPSA) is 55.6 Å². The minimum atomic E-state index is -0.319. The van der Waals surface area contributed by atoms with Crippen LogP contribution in [-0.4, -0.2) is 15.3 Å². The van der Waals surface area contributed by atoms with Crippen molar-refractivity contribution in [2.45, 2.75) is 6.92 Å². The first-order valence-electron chi connectivity index (χ1n) is 7.87. The number of nitrogens with one attached hydrogen (secondary N) is 1. The number of benzene rings is 2. The SMILES string of the molecule is Cc1csc2nc(C(=O)Nc3cc(Cl)ccc3Oc3ccccc3)cn12. The van der Waals surface area contributed by atoms with Crippen molar-refractivity contribution in [2.24, 2.45) is 0 Å². The van der Waals surface area contributed by atoms with Crippen LogP contribution in [0.2, 0.25) is 5.02 Å². The molecule has 0 unspecified atom stereocenters. The number of carbonyl (C=O) groups is 1. The molecule has 5 nitrogen and oxygen atoms in total. The van der Waals surface area contributed by atoms with Crippen LogP contribution in [0.5, 0.6) is 11.5 Å². The van der Waals surface area contributed by atoms with Gasteiger partial charge in [-0.3, -0.25) is 9.20 Å². The molecule has 0 aliphatic heterocycles. The molecule has 4 rings (SSSR count). The standard InChI is InChI=1S/C19H14ClN3O2S/c1-12-11-26-19-22-16(10-23(12)19)18(24)21-15-9-13(20)7-8-17(15)25-14-5-3-2-4-6-14/h2-11H,1H3,(H,21,24). The van der Waals surface area contributed by atoms with E-state index in [0.717, 1.165) is 10.7 Å². The van der Waals surface area contributed by atoms with E-state index in [1.165, 1.54) is 11.3 Å². The van der Waals surface area contributed by atoms with Crippen LogP contribution in [0.25, 0.3) is 4.96 Å². The number of rotatable bonds is 4. The summed E-state index contributed by atoms with van der Waals surface area (Å²) in [6.45, 7) is 1.97. The Balaban J connectivity index is 1.62. The number of anilines is 1. The number of hydrogen-bond acceptors (Lipinski definition) is 4. The van der Waals surface area contributed by atoms with Crippen LogP contribution >= 0.6 is 22.9 Å². The molecule has 2 heterocycles. The number of fused-ring (bicyclic) bond motifs is 1. The Morgan fingerprint density at radius 3 is 2.81 bits per heavy atom. The molecule has 1 amide bonds. The molecule has 0 aliphatic carbocycles. The Hall–Kier alpha value is -2.83. The first kappa shape index (κ1) is 16.6. The van der Waals surface area contributed by atoms with Gasteiger partial charge in [0.1, 0.15) is 11.4 Å². The van der Waals surface area contributed by atoms with Crippen LogP contribution in [0.15, 0.2) is 60.1 Å². The van der Waals surface area contributed by atoms with Gasteiger partial charge in [0, 0.05) is 22.3 Å². The highest BCUT2D eigenvalue weighted by molar-refractivity contribution is 7.15. The number of aryl methyl sites for hydroxylation is 1. The van der Waals surface area contributed by atoms with Crippen molar-refractivity contribution < 1.29 is 9.53 Å². The molecule has 1 N–H and O–H groups in total. The van der Waals surface area contributed by atoms with E-state index in [2.05, 4.69) is 10.3 Å². The fourth-order valence-corrected chi connectivity index (χ4v) is 3.52. The Morgan fingerprint density at radius 2 is 2.04 bits per heavy atom. The van der Waals surface area contributed by atoms with Gasteiger partial charge in [0.25, 0.3) is 5.91 Å². The molecule has 4 aromatic rings. The molecule has 0 spiro atoms. The van der Waals surface area contributed by atoms with Gasteiger partial charge in [0.05, 0.1) is 5.69 Å². The number of para-hydroxylation sites is 1. The zero-order valence-electron chi connectivity index (χ0n) is 13.8. The molecule has 2 aromatic heterocycles. The van der Waals surface area contributed by atoms with Crippen molar-refractivity contribution in [3.63, 3.8) is 0 Å². The predicted octanol–water partition coefficient (Wildman–Crippen LogP) is 5.40. The number of ether oxygens (including phenoxy) is 1. The highest BCUT2D eigenvalue weighted by Crippen LogP contribution is 2.32. The maximum Gasteiger partial charge on any atom is 0.276 e. The molecule has 7 heteroatoms. The lowest BCUT2D eigenvalue weighted by molar-refractivity contribution is 0.102. The fourth-order valence-electron chi connectivity index (χ4n) is 2.49. The molecule has 0 saturated heterocycles. The van der Waals surface area contributed by atoms with Gasteiger partial charge in [0.15, 0.2) is 10.7 Å². The average molecular weight is 384 g/mol. The lowest BCUT2D eigenvalue weighted by Crippen LogP contribution is -2.13. The molecule has 0 radical (unpaired) electrons. The van der Waals surface area contributed by atoms with Crippen LogP contribution < -0.4 is 10.1 Å². The van der Waals surface area contributed by atoms with Crippen LogP contribution in [0.3, 0.4) is 0 Å². The maximum atomic E-state index is 12.6. The number of hydrogen-bond donors (Lipinski definition) is 1. The summed E-state index contributed by atoms with van der Waals surface area (Å²) in [5.41, 5.74) is 1.86. The van der Waals surface area contributed by atoms with Gasteiger partial charge in [-0.1, -0.05) is 29.8 Å². The van der Waals surface area contributed by atoms with Crippen LogP contribution in [0, 0.1) is 6.92 Å². The van der Waals surface area contributed by atoms with Crippen molar-refractivity contribution in [3.05, 3.63) is 76.5 Å². The third-order valence-corrected chi connectivity index (χ3v) is 4.97. The Kier molecular flexibility index (Phi) is 4.36. The third-order valence-electron chi connectivity index (χ3n) is 3.78. The summed E-state index contributed by atoms with van der Waals surface area (Å²) in [7, 11) is 0.